The highest BCUT2D eigenvalue weighted by atomic mass is 15.0. The topological polar surface area (TPSA) is 51.8 Å². The Morgan fingerprint density at radius 1 is 1.05 bits per heavy atom. The average Bonchev–Trinajstić information content (AvgIpc) is 2.55. The smallest absolute Gasteiger partial charge is 0.134 e. The van der Waals surface area contributed by atoms with Gasteiger partial charge in [0, 0.05) is 17.5 Å². The van der Waals surface area contributed by atoms with Crippen LogP contribution in [0.4, 0.5) is 5.82 Å². The number of hydrogen-bond donors (Lipinski definition) is 1. The maximum absolute atomic E-state index is 6.01. The van der Waals surface area contributed by atoms with Crippen LogP contribution in [0.2, 0.25) is 0 Å². The summed E-state index contributed by atoms with van der Waals surface area (Å²) in [6.07, 6.45) is 6.26. The van der Waals surface area contributed by atoms with Crippen molar-refractivity contribution in [2.24, 2.45) is 5.92 Å². The Hall–Kier alpha value is -1.90. The molecule has 1 aromatic heterocycles. The lowest BCUT2D eigenvalue weighted by atomic mass is 9.80. The van der Waals surface area contributed by atoms with Crippen LogP contribution in [0.1, 0.15) is 50.8 Å². The maximum atomic E-state index is 6.01. The second-order valence-corrected chi connectivity index (χ2v) is 6.03. The molecule has 3 rings (SSSR count). The Morgan fingerprint density at radius 3 is 2.43 bits per heavy atom. The van der Waals surface area contributed by atoms with Gasteiger partial charge in [0.25, 0.3) is 0 Å². The molecule has 0 amide bonds. The first-order valence-corrected chi connectivity index (χ1v) is 7.96. The molecule has 1 saturated carbocycles. The van der Waals surface area contributed by atoms with E-state index in [1.165, 1.54) is 32.1 Å². The number of nitrogens with two attached hydrogens (primary N) is 1. The normalized spacial score (nSPS) is 22.1. The van der Waals surface area contributed by atoms with Crippen molar-refractivity contribution in [1.82, 2.24) is 9.97 Å². The summed E-state index contributed by atoms with van der Waals surface area (Å²) >= 11 is 0. The molecular weight excluding hydrogens is 258 g/mol. The van der Waals surface area contributed by atoms with Gasteiger partial charge in [-0.05, 0) is 31.6 Å². The van der Waals surface area contributed by atoms with Gasteiger partial charge in [-0.3, -0.25) is 0 Å². The second kappa shape index (κ2) is 6.25. The van der Waals surface area contributed by atoms with Crippen molar-refractivity contribution in [1.29, 1.82) is 0 Å². The van der Waals surface area contributed by atoms with Crippen LogP contribution in [0.3, 0.4) is 0 Å². The molecule has 2 N–H and O–H groups in total. The van der Waals surface area contributed by atoms with Gasteiger partial charge in [0.05, 0.1) is 5.69 Å². The number of rotatable bonds is 3. The molecule has 2 aromatic rings. The lowest BCUT2D eigenvalue weighted by Crippen LogP contribution is -2.15. The van der Waals surface area contributed by atoms with Gasteiger partial charge in [-0.1, -0.05) is 43.7 Å². The molecule has 3 nitrogen and oxygen atoms in total. The van der Waals surface area contributed by atoms with Crippen LogP contribution < -0.4 is 5.73 Å². The fraction of sp³-hybridized carbons (Fsp3) is 0.444. The van der Waals surface area contributed by atoms with Crippen LogP contribution >= 0.6 is 0 Å². The zero-order valence-corrected chi connectivity index (χ0v) is 12.6. The number of hydrogen-bond acceptors (Lipinski definition) is 3. The number of anilines is 1. The minimum atomic E-state index is 0.471. The van der Waals surface area contributed by atoms with E-state index >= 15 is 0 Å². The summed E-state index contributed by atoms with van der Waals surface area (Å²) in [7, 11) is 0. The van der Waals surface area contributed by atoms with Crippen molar-refractivity contribution in [3.8, 4) is 11.3 Å². The third-order valence-corrected chi connectivity index (χ3v) is 4.62. The lowest BCUT2D eigenvalue weighted by molar-refractivity contribution is 0.312. The summed E-state index contributed by atoms with van der Waals surface area (Å²) < 4.78 is 0. The molecule has 110 valence electrons. The highest BCUT2D eigenvalue weighted by molar-refractivity contribution is 5.61. The van der Waals surface area contributed by atoms with Crippen molar-refractivity contribution in [2.45, 2.75) is 44.9 Å². The molecule has 1 aliphatic carbocycles. The molecule has 0 spiro atoms. The van der Waals surface area contributed by atoms with E-state index in [0.717, 1.165) is 23.0 Å². The van der Waals surface area contributed by atoms with E-state index in [-0.39, 0.29) is 0 Å². The van der Waals surface area contributed by atoms with Gasteiger partial charge >= 0.3 is 0 Å². The third-order valence-electron chi connectivity index (χ3n) is 4.62. The summed E-state index contributed by atoms with van der Waals surface area (Å²) in [5, 5.41) is 0. The third kappa shape index (κ3) is 3.23. The monoisotopic (exact) mass is 281 g/mol. The molecule has 0 saturated heterocycles. The number of aromatic nitrogens is 2. The van der Waals surface area contributed by atoms with Gasteiger partial charge < -0.3 is 5.73 Å². The predicted molar refractivity (Wildman–Crippen MR) is 86.9 cm³/mol. The van der Waals surface area contributed by atoms with Crippen molar-refractivity contribution in [3.63, 3.8) is 0 Å². The highest BCUT2D eigenvalue weighted by Crippen LogP contribution is 2.36. The molecule has 1 aromatic carbocycles. The molecule has 21 heavy (non-hydrogen) atoms. The predicted octanol–water partition coefficient (Wildman–Crippen LogP) is 4.41. The summed E-state index contributed by atoms with van der Waals surface area (Å²) in [6.45, 7) is 2.29. The Morgan fingerprint density at radius 2 is 1.76 bits per heavy atom. The molecule has 1 aliphatic rings. The molecule has 0 aliphatic heterocycles. The van der Waals surface area contributed by atoms with E-state index in [0.29, 0.717) is 11.7 Å². The first-order valence-electron chi connectivity index (χ1n) is 7.96. The SMILES string of the molecule is CCC1CCC(c2nc(N)cc(-c3ccccc3)n2)CC1. The second-order valence-electron chi connectivity index (χ2n) is 6.03. The van der Waals surface area contributed by atoms with Crippen molar-refractivity contribution in [2.75, 3.05) is 5.73 Å². The number of nitrogen functional groups attached to an aromatic ring is 1. The molecule has 1 fully saturated rings. The van der Waals surface area contributed by atoms with Crippen LogP contribution in [-0.4, -0.2) is 9.97 Å². The molecule has 0 atom stereocenters. The van der Waals surface area contributed by atoms with Gasteiger partial charge in [0.15, 0.2) is 0 Å². The van der Waals surface area contributed by atoms with Crippen LogP contribution in [0.5, 0.6) is 0 Å². The molecule has 0 bridgehead atoms. The summed E-state index contributed by atoms with van der Waals surface area (Å²) in [5.41, 5.74) is 8.05. The van der Waals surface area contributed by atoms with Crippen LogP contribution in [0.25, 0.3) is 11.3 Å². The van der Waals surface area contributed by atoms with E-state index in [9.17, 15) is 0 Å². The van der Waals surface area contributed by atoms with E-state index in [1.54, 1.807) is 0 Å². The zero-order chi connectivity index (χ0) is 14.7. The first kappa shape index (κ1) is 14.1. The van der Waals surface area contributed by atoms with E-state index < -0.39 is 0 Å². The molecule has 1 heterocycles. The van der Waals surface area contributed by atoms with Crippen molar-refractivity contribution < 1.29 is 0 Å². The number of benzene rings is 1. The fourth-order valence-electron chi connectivity index (χ4n) is 3.25. The Bertz CT molecular complexity index is 587. The number of nitrogens with zero attached hydrogens (tertiary/aromatic N) is 2. The summed E-state index contributed by atoms with van der Waals surface area (Å²) in [6, 6.07) is 12.1. The summed E-state index contributed by atoms with van der Waals surface area (Å²) in [5.74, 6) is 2.87. The molecule has 0 radical (unpaired) electrons. The van der Waals surface area contributed by atoms with Gasteiger partial charge in [-0.25, -0.2) is 9.97 Å². The minimum absolute atomic E-state index is 0.471. The largest absolute Gasteiger partial charge is 0.384 e. The zero-order valence-electron chi connectivity index (χ0n) is 12.6. The van der Waals surface area contributed by atoms with E-state index in [4.69, 9.17) is 10.7 Å². The molecule has 3 heteroatoms. The van der Waals surface area contributed by atoms with Gasteiger partial charge in [0.1, 0.15) is 11.6 Å². The van der Waals surface area contributed by atoms with Crippen LogP contribution in [0, 0.1) is 5.92 Å². The highest BCUT2D eigenvalue weighted by Gasteiger charge is 2.23. The standard InChI is InChI=1S/C18H23N3/c1-2-13-8-10-15(11-9-13)18-20-16(12-17(19)21-18)14-6-4-3-5-7-14/h3-7,12-13,15H,2,8-11H2,1H3,(H2,19,20,21). The Labute approximate surface area is 126 Å². The Kier molecular flexibility index (Phi) is 4.18. The van der Waals surface area contributed by atoms with Crippen LogP contribution in [-0.2, 0) is 0 Å². The summed E-state index contributed by atoms with van der Waals surface area (Å²) in [4.78, 5) is 9.29. The quantitative estimate of drug-likeness (QED) is 0.906. The first-order chi connectivity index (χ1) is 10.3. The van der Waals surface area contributed by atoms with Gasteiger partial charge in [-0.15, -0.1) is 0 Å². The molecule has 0 unspecified atom stereocenters. The molecular formula is C18H23N3. The van der Waals surface area contributed by atoms with Gasteiger partial charge in [0.2, 0.25) is 0 Å². The van der Waals surface area contributed by atoms with Gasteiger partial charge in [-0.2, -0.15) is 0 Å². The van der Waals surface area contributed by atoms with Crippen LogP contribution in [0.15, 0.2) is 36.4 Å². The maximum Gasteiger partial charge on any atom is 0.134 e. The van der Waals surface area contributed by atoms with Crippen molar-refractivity contribution >= 4 is 5.82 Å². The lowest BCUT2D eigenvalue weighted by Gasteiger charge is -2.27. The van der Waals surface area contributed by atoms with E-state index in [2.05, 4.69) is 24.0 Å². The fourth-order valence-corrected chi connectivity index (χ4v) is 3.25. The minimum Gasteiger partial charge on any atom is -0.384 e. The Balaban J connectivity index is 1.85. The van der Waals surface area contributed by atoms with Crippen molar-refractivity contribution in [3.05, 3.63) is 42.2 Å². The average molecular weight is 281 g/mol. The van der Waals surface area contributed by atoms with E-state index in [1.807, 2.05) is 24.3 Å².